The van der Waals surface area contributed by atoms with Gasteiger partial charge >= 0.3 is 12.1 Å². The number of hydrogen-bond donors (Lipinski definition) is 4. The first-order valence-electron chi connectivity index (χ1n) is 10.1. The Balaban J connectivity index is 1.41. The Hall–Kier alpha value is -3.01. The van der Waals surface area contributed by atoms with Crippen LogP contribution in [0.15, 0.2) is 24.3 Å². The largest absolute Gasteiger partial charge is 0.490 e. The molecule has 2 aliphatic rings. The SMILES string of the molecule is N=C(N)N1CCC(CN2CC(COc3ccc(CC(N)C(=O)O)cc3)OC2=O)CC1. The number of nitrogens with one attached hydrogen (secondary N) is 1. The van der Waals surface area contributed by atoms with E-state index in [2.05, 4.69) is 0 Å². The molecule has 10 heteroatoms. The molecule has 0 saturated carbocycles. The van der Waals surface area contributed by atoms with E-state index < -0.39 is 12.0 Å². The van der Waals surface area contributed by atoms with E-state index in [0.717, 1.165) is 31.5 Å². The van der Waals surface area contributed by atoms with Crippen LogP contribution in [-0.2, 0) is 16.0 Å². The number of carboxylic acid groups (broad SMARTS) is 1. The van der Waals surface area contributed by atoms with Crippen LogP contribution < -0.4 is 16.2 Å². The first kappa shape index (κ1) is 21.7. The summed E-state index contributed by atoms with van der Waals surface area (Å²) in [6.45, 7) is 2.85. The number of ether oxygens (including phenoxy) is 2. The van der Waals surface area contributed by atoms with Crippen molar-refractivity contribution < 1.29 is 24.2 Å². The van der Waals surface area contributed by atoms with Crippen molar-refractivity contribution in [3.63, 3.8) is 0 Å². The van der Waals surface area contributed by atoms with E-state index in [1.165, 1.54) is 0 Å². The molecule has 2 heterocycles. The minimum atomic E-state index is -1.03. The summed E-state index contributed by atoms with van der Waals surface area (Å²) in [6, 6.07) is 6.12. The number of carbonyl (C=O) groups excluding carboxylic acids is 1. The highest BCUT2D eigenvalue weighted by Crippen LogP contribution is 2.22. The second-order valence-corrected chi connectivity index (χ2v) is 7.83. The maximum absolute atomic E-state index is 12.2. The third-order valence-corrected chi connectivity index (χ3v) is 5.52. The number of hydrogen-bond acceptors (Lipinski definition) is 6. The minimum absolute atomic E-state index is 0.101. The summed E-state index contributed by atoms with van der Waals surface area (Å²) < 4.78 is 11.1. The van der Waals surface area contributed by atoms with Gasteiger partial charge in [-0.2, -0.15) is 0 Å². The molecule has 0 radical (unpaired) electrons. The zero-order chi connectivity index (χ0) is 21.7. The van der Waals surface area contributed by atoms with Crippen LogP contribution in [0.2, 0.25) is 0 Å². The standard InChI is InChI=1S/C20H29N5O5/c21-17(18(26)27)9-13-1-3-15(4-2-13)29-12-16-11-25(20(28)30-16)10-14-5-7-24(8-6-14)19(22)23/h1-4,14,16-17H,5-12,21H2,(H3,22,23)(H,26,27). The summed E-state index contributed by atoms with van der Waals surface area (Å²) in [5.41, 5.74) is 11.9. The van der Waals surface area contributed by atoms with Crippen LogP contribution in [0.3, 0.4) is 0 Å². The average Bonchev–Trinajstić information content (AvgIpc) is 3.07. The molecule has 30 heavy (non-hydrogen) atoms. The number of likely N-dealkylation sites (tertiary alicyclic amines) is 1. The van der Waals surface area contributed by atoms with Gasteiger partial charge in [-0.15, -0.1) is 0 Å². The summed E-state index contributed by atoms with van der Waals surface area (Å²) in [4.78, 5) is 26.6. The predicted octanol–water partition coefficient (Wildman–Crippen LogP) is 0.446. The number of piperidine rings is 1. The molecule has 6 N–H and O–H groups in total. The van der Waals surface area contributed by atoms with Gasteiger partial charge in [-0.05, 0) is 42.9 Å². The fourth-order valence-electron chi connectivity index (χ4n) is 3.73. The number of carboxylic acids is 1. The predicted molar refractivity (Wildman–Crippen MR) is 109 cm³/mol. The molecule has 1 aromatic rings. The molecule has 2 unspecified atom stereocenters. The molecular formula is C20H29N5O5. The van der Waals surface area contributed by atoms with Crippen LogP contribution in [0.25, 0.3) is 0 Å². The molecule has 2 saturated heterocycles. The van der Waals surface area contributed by atoms with E-state index in [1.807, 2.05) is 4.90 Å². The summed E-state index contributed by atoms with van der Waals surface area (Å²) in [7, 11) is 0. The number of amides is 1. The first-order chi connectivity index (χ1) is 14.3. The lowest BCUT2D eigenvalue weighted by atomic mass is 9.96. The smallest absolute Gasteiger partial charge is 0.410 e. The van der Waals surface area contributed by atoms with Crippen molar-refractivity contribution in [1.29, 1.82) is 5.41 Å². The van der Waals surface area contributed by atoms with Crippen LogP contribution >= 0.6 is 0 Å². The lowest BCUT2D eigenvalue weighted by Crippen LogP contribution is -2.44. The summed E-state index contributed by atoms with van der Waals surface area (Å²) >= 11 is 0. The number of guanidine groups is 1. The average molecular weight is 419 g/mol. The van der Waals surface area contributed by atoms with Gasteiger partial charge in [0, 0.05) is 19.6 Å². The van der Waals surface area contributed by atoms with Gasteiger partial charge in [0.05, 0.1) is 6.54 Å². The maximum Gasteiger partial charge on any atom is 0.410 e. The molecule has 0 aliphatic carbocycles. The Morgan fingerprint density at radius 3 is 2.57 bits per heavy atom. The van der Waals surface area contributed by atoms with Gasteiger partial charge in [0.15, 0.2) is 12.1 Å². The maximum atomic E-state index is 12.2. The molecule has 3 rings (SSSR count). The van der Waals surface area contributed by atoms with Crippen LogP contribution in [0, 0.1) is 11.3 Å². The Morgan fingerprint density at radius 2 is 1.97 bits per heavy atom. The second kappa shape index (κ2) is 9.66. The number of rotatable bonds is 8. The Kier molecular flexibility index (Phi) is 6.99. The molecule has 2 aliphatic heterocycles. The van der Waals surface area contributed by atoms with E-state index in [-0.39, 0.29) is 31.2 Å². The molecule has 0 bridgehead atoms. The molecule has 2 fully saturated rings. The van der Waals surface area contributed by atoms with Gasteiger partial charge in [-0.25, -0.2) is 4.79 Å². The van der Waals surface area contributed by atoms with Crippen molar-refractivity contribution in [2.45, 2.75) is 31.4 Å². The second-order valence-electron chi connectivity index (χ2n) is 7.83. The number of benzene rings is 1. The Labute approximate surface area is 175 Å². The fourth-order valence-corrected chi connectivity index (χ4v) is 3.73. The quantitative estimate of drug-likeness (QED) is 0.349. The molecule has 1 amide bonds. The number of carbonyl (C=O) groups is 2. The third kappa shape index (κ3) is 5.76. The van der Waals surface area contributed by atoms with E-state index in [1.54, 1.807) is 29.2 Å². The van der Waals surface area contributed by atoms with Crippen molar-refractivity contribution in [3.05, 3.63) is 29.8 Å². The Bertz CT molecular complexity index is 763. The summed E-state index contributed by atoms with van der Waals surface area (Å²) in [6.07, 6.45) is 1.37. The molecule has 164 valence electrons. The van der Waals surface area contributed by atoms with E-state index in [4.69, 9.17) is 31.5 Å². The van der Waals surface area contributed by atoms with Crippen molar-refractivity contribution >= 4 is 18.0 Å². The molecular weight excluding hydrogens is 390 g/mol. The molecule has 1 aromatic carbocycles. The number of nitrogens with two attached hydrogens (primary N) is 2. The molecule has 2 atom stereocenters. The van der Waals surface area contributed by atoms with Gasteiger partial charge in [0.1, 0.15) is 18.4 Å². The summed E-state index contributed by atoms with van der Waals surface area (Å²) in [5.74, 6) is 0.0580. The van der Waals surface area contributed by atoms with E-state index in [0.29, 0.717) is 24.8 Å². The van der Waals surface area contributed by atoms with Crippen molar-refractivity contribution in [1.82, 2.24) is 9.80 Å². The number of aliphatic carboxylic acids is 1. The van der Waals surface area contributed by atoms with Crippen molar-refractivity contribution in [2.24, 2.45) is 17.4 Å². The van der Waals surface area contributed by atoms with Crippen LogP contribution in [-0.4, -0.2) is 77.9 Å². The highest BCUT2D eigenvalue weighted by molar-refractivity contribution is 5.74. The van der Waals surface area contributed by atoms with Crippen LogP contribution in [0.1, 0.15) is 18.4 Å². The number of nitrogens with zero attached hydrogens (tertiary/aromatic N) is 2. The molecule has 0 aromatic heterocycles. The molecule has 10 nitrogen and oxygen atoms in total. The van der Waals surface area contributed by atoms with E-state index in [9.17, 15) is 9.59 Å². The fraction of sp³-hybridized carbons (Fsp3) is 0.550. The number of cyclic esters (lactones) is 1. The Morgan fingerprint density at radius 1 is 1.30 bits per heavy atom. The zero-order valence-electron chi connectivity index (χ0n) is 16.8. The highest BCUT2D eigenvalue weighted by Gasteiger charge is 2.34. The van der Waals surface area contributed by atoms with Gasteiger partial charge in [-0.3, -0.25) is 10.2 Å². The summed E-state index contributed by atoms with van der Waals surface area (Å²) in [5, 5.41) is 16.4. The minimum Gasteiger partial charge on any atom is -0.490 e. The highest BCUT2D eigenvalue weighted by atomic mass is 16.6. The van der Waals surface area contributed by atoms with Crippen LogP contribution in [0.4, 0.5) is 4.79 Å². The van der Waals surface area contributed by atoms with Crippen molar-refractivity contribution in [2.75, 3.05) is 32.8 Å². The van der Waals surface area contributed by atoms with E-state index >= 15 is 0 Å². The van der Waals surface area contributed by atoms with Gasteiger partial charge in [0.2, 0.25) is 0 Å². The molecule has 0 spiro atoms. The van der Waals surface area contributed by atoms with Gasteiger partial charge < -0.3 is 35.8 Å². The topological polar surface area (TPSA) is 155 Å². The lowest BCUT2D eigenvalue weighted by molar-refractivity contribution is -0.138. The van der Waals surface area contributed by atoms with Gasteiger partial charge in [-0.1, -0.05) is 12.1 Å². The van der Waals surface area contributed by atoms with Crippen molar-refractivity contribution in [3.8, 4) is 5.75 Å². The lowest BCUT2D eigenvalue weighted by Gasteiger charge is -2.33. The normalized spacial score (nSPS) is 20.7. The monoisotopic (exact) mass is 419 g/mol. The zero-order valence-corrected chi connectivity index (χ0v) is 16.8. The third-order valence-electron chi connectivity index (χ3n) is 5.52. The van der Waals surface area contributed by atoms with Gasteiger partial charge in [0.25, 0.3) is 0 Å². The van der Waals surface area contributed by atoms with Crippen LogP contribution in [0.5, 0.6) is 5.75 Å². The first-order valence-corrected chi connectivity index (χ1v) is 10.1.